The minimum absolute atomic E-state index is 0.0979. The first kappa shape index (κ1) is 16.1. The molecule has 0 radical (unpaired) electrons. The molecule has 2 atom stereocenters. The fourth-order valence-corrected chi connectivity index (χ4v) is 2.29. The summed E-state index contributed by atoms with van der Waals surface area (Å²) in [5, 5.41) is 10.6. The summed E-state index contributed by atoms with van der Waals surface area (Å²) in [5.74, 6) is 6.33. The monoisotopic (exact) mass is 290 g/mol. The van der Waals surface area contributed by atoms with Crippen LogP contribution in [0.25, 0.3) is 0 Å². The van der Waals surface area contributed by atoms with Crippen LogP contribution >= 0.6 is 0 Å². The highest BCUT2D eigenvalue weighted by atomic mass is 16.3. The number of aliphatic hydroxyl groups is 1. The fraction of sp³-hybridized carbons (Fsp3) is 0.238. The van der Waals surface area contributed by atoms with E-state index in [1.165, 1.54) is 0 Å². The number of rotatable bonds is 5. The van der Waals surface area contributed by atoms with Crippen LogP contribution in [-0.4, -0.2) is 5.11 Å². The van der Waals surface area contributed by atoms with E-state index in [0.29, 0.717) is 0 Å². The Morgan fingerprint density at radius 2 is 1.64 bits per heavy atom. The molecule has 0 saturated heterocycles. The van der Waals surface area contributed by atoms with Crippen LogP contribution in [0.1, 0.15) is 37.0 Å². The topological polar surface area (TPSA) is 20.2 Å². The normalized spacial score (nSPS) is 12.8. The molecule has 0 aliphatic heterocycles. The second-order valence-corrected chi connectivity index (χ2v) is 5.59. The lowest BCUT2D eigenvalue weighted by Gasteiger charge is -2.18. The van der Waals surface area contributed by atoms with Gasteiger partial charge in [0.15, 0.2) is 0 Å². The number of allylic oxidation sites excluding steroid dienone is 1. The van der Waals surface area contributed by atoms with Crippen LogP contribution in [0.4, 0.5) is 0 Å². The van der Waals surface area contributed by atoms with Crippen LogP contribution in [0.5, 0.6) is 0 Å². The summed E-state index contributed by atoms with van der Waals surface area (Å²) < 4.78 is 0. The lowest BCUT2D eigenvalue weighted by Crippen LogP contribution is -2.11. The van der Waals surface area contributed by atoms with Crippen molar-refractivity contribution >= 4 is 0 Å². The van der Waals surface area contributed by atoms with E-state index in [1.807, 2.05) is 67.6 Å². The van der Waals surface area contributed by atoms with E-state index < -0.39 is 6.10 Å². The molecule has 112 valence electrons. The van der Waals surface area contributed by atoms with Gasteiger partial charge in [-0.1, -0.05) is 65.9 Å². The van der Waals surface area contributed by atoms with Gasteiger partial charge in [0.2, 0.25) is 0 Å². The Balaban J connectivity index is 2.19. The Bertz CT molecular complexity index is 647. The highest BCUT2D eigenvalue weighted by Crippen LogP contribution is 2.26. The van der Waals surface area contributed by atoms with Crippen LogP contribution in [0.15, 0.2) is 72.8 Å². The van der Waals surface area contributed by atoms with Crippen molar-refractivity contribution in [2.45, 2.75) is 25.9 Å². The number of hydrogen-bond acceptors (Lipinski definition) is 1. The van der Waals surface area contributed by atoms with E-state index in [9.17, 15) is 5.11 Å². The Labute approximate surface area is 133 Å². The third-order valence-corrected chi connectivity index (χ3v) is 3.58. The van der Waals surface area contributed by atoms with Crippen molar-refractivity contribution in [2.24, 2.45) is 5.92 Å². The first-order chi connectivity index (χ1) is 10.7. The third-order valence-electron chi connectivity index (χ3n) is 3.58. The molecule has 1 nitrogen and oxygen atoms in total. The maximum atomic E-state index is 10.6. The Morgan fingerprint density at radius 1 is 1.05 bits per heavy atom. The first-order valence-corrected chi connectivity index (χ1v) is 7.61. The van der Waals surface area contributed by atoms with Crippen LogP contribution in [-0.2, 0) is 0 Å². The minimum atomic E-state index is -0.572. The van der Waals surface area contributed by atoms with Gasteiger partial charge >= 0.3 is 0 Å². The largest absolute Gasteiger partial charge is 0.387 e. The van der Waals surface area contributed by atoms with Crippen molar-refractivity contribution in [1.82, 2.24) is 0 Å². The molecule has 0 bridgehead atoms. The zero-order valence-electron chi connectivity index (χ0n) is 13.0. The van der Waals surface area contributed by atoms with Crippen molar-refractivity contribution in [3.05, 3.63) is 83.9 Å². The summed E-state index contributed by atoms with van der Waals surface area (Å²) in [6, 6.07) is 19.6. The van der Waals surface area contributed by atoms with Crippen molar-refractivity contribution < 1.29 is 5.11 Å². The molecule has 2 unspecified atom stereocenters. The van der Waals surface area contributed by atoms with E-state index in [0.717, 1.165) is 29.5 Å². The van der Waals surface area contributed by atoms with Crippen LogP contribution in [0.2, 0.25) is 0 Å². The van der Waals surface area contributed by atoms with Crippen molar-refractivity contribution in [3.63, 3.8) is 0 Å². The Kier molecular flexibility index (Phi) is 6.01. The van der Waals surface area contributed by atoms with Gasteiger partial charge in [-0.2, -0.15) is 0 Å². The smallest absolute Gasteiger partial charge is 0.0927 e. The van der Waals surface area contributed by atoms with Gasteiger partial charge in [0.25, 0.3) is 0 Å². The number of hydrogen-bond donors (Lipinski definition) is 1. The van der Waals surface area contributed by atoms with Gasteiger partial charge in [-0.15, -0.1) is 6.58 Å². The van der Waals surface area contributed by atoms with Gasteiger partial charge < -0.3 is 5.11 Å². The Morgan fingerprint density at radius 3 is 2.23 bits per heavy atom. The highest BCUT2D eigenvalue weighted by molar-refractivity contribution is 5.35. The molecule has 0 spiro atoms. The van der Waals surface area contributed by atoms with Gasteiger partial charge in [0.1, 0.15) is 0 Å². The summed E-state index contributed by atoms with van der Waals surface area (Å²) in [5.41, 5.74) is 3.01. The second-order valence-electron chi connectivity index (χ2n) is 5.59. The van der Waals surface area contributed by atoms with Crippen molar-refractivity contribution in [1.29, 1.82) is 0 Å². The zero-order valence-corrected chi connectivity index (χ0v) is 13.0. The summed E-state index contributed by atoms with van der Waals surface area (Å²) >= 11 is 0. The third kappa shape index (κ3) is 4.91. The molecule has 2 aromatic rings. The predicted molar refractivity (Wildman–Crippen MR) is 92.3 cm³/mol. The summed E-state index contributed by atoms with van der Waals surface area (Å²) in [6.07, 6.45) is 1.11. The molecule has 0 amide bonds. The van der Waals surface area contributed by atoms with E-state index >= 15 is 0 Å². The standard InChI is InChI=1S/C21H22O/c1-17(2)13-15-20(16-14-18-9-5-3-6-10-18)21(22)19-11-7-4-8-12-19/h3-12,20-22H,1,13,15H2,2H3. The summed E-state index contributed by atoms with van der Waals surface area (Å²) in [4.78, 5) is 0. The molecular weight excluding hydrogens is 268 g/mol. The van der Waals surface area contributed by atoms with Crippen LogP contribution in [0.3, 0.4) is 0 Å². The molecule has 22 heavy (non-hydrogen) atoms. The first-order valence-electron chi connectivity index (χ1n) is 7.61. The highest BCUT2D eigenvalue weighted by Gasteiger charge is 2.18. The maximum Gasteiger partial charge on any atom is 0.0927 e. The van der Waals surface area contributed by atoms with Gasteiger partial charge in [-0.05, 0) is 37.5 Å². The zero-order chi connectivity index (χ0) is 15.8. The van der Waals surface area contributed by atoms with Crippen molar-refractivity contribution in [2.75, 3.05) is 0 Å². The number of benzene rings is 2. The summed E-state index contributed by atoms with van der Waals surface area (Å²) in [6.45, 7) is 5.96. The van der Waals surface area contributed by atoms with Gasteiger partial charge in [-0.25, -0.2) is 0 Å². The molecule has 2 rings (SSSR count). The molecule has 0 aliphatic rings. The minimum Gasteiger partial charge on any atom is -0.387 e. The van der Waals surface area contributed by atoms with Gasteiger partial charge in [0, 0.05) is 5.56 Å². The SMILES string of the molecule is C=C(C)CCC(C#Cc1ccccc1)C(O)c1ccccc1. The molecule has 0 aromatic heterocycles. The number of aliphatic hydroxyl groups excluding tert-OH is 1. The van der Waals surface area contributed by atoms with Crippen LogP contribution < -0.4 is 0 Å². The molecule has 0 aliphatic carbocycles. The molecule has 1 N–H and O–H groups in total. The maximum absolute atomic E-state index is 10.6. The Hall–Kier alpha value is -2.30. The van der Waals surface area contributed by atoms with E-state index in [4.69, 9.17) is 0 Å². The molecule has 0 heterocycles. The van der Waals surface area contributed by atoms with E-state index in [-0.39, 0.29) is 5.92 Å². The summed E-state index contributed by atoms with van der Waals surface area (Å²) in [7, 11) is 0. The second kappa shape index (κ2) is 8.22. The van der Waals surface area contributed by atoms with Gasteiger partial charge in [-0.3, -0.25) is 0 Å². The van der Waals surface area contributed by atoms with Gasteiger partial charge in [0.05, 0.1) is 12.0 Å². The van der Waals surface area contributed by atoms with Crippen LogP contribution in [0, 0.1) is 17.8 Å². The molecule has 2 aromatic carbocycles. The van der Waals surface area contributed by atoms with E-state index in [1.54, 1.807) is 0 Å². The lowest BCUT2D eigenvalue weighted by molar-refractivity contribution is 0.131. The van der Waals surface area contributed by atoms with Crippen molar-refractivity contribution in [3.8, 4) is 11.8 Å². The lowest BCUT2D eigenvalue weighted by atomic mass is 9.90. The molecule has 0 fully saturated rings. The average Bonchev–Trinajstić information content (AvgIpc) is 2.56. The van der Waals surface area contributed by atoms with E-state index in [2.05, 4.69) is 18.4 Å². The molecule has 0 saturated carbocycles. The predicted octanol–water partition coefficient (Wildman–Crippen LogP) is 4.74. The fourth-order valence-electron chi connectivity index (χ4n) is 2.29. The quantitative estimate of drug-likeness (QED) is 0.622. The average molecular weight is 290 g/mol. The molecule has 1 heteroatoms. The molecular formula is C21H22O.